The fourth-order valence-corrected chi connectivity index (χ4v) is 5.16. The van der Waals surface area contributed by atoms with E-state index < -0.39 is 0 Å². The highest BCUT2D eigenvalue weighted by Gasteiger charge is 2.25. The fraction of sp³-hybridized carbons (Fsp3) is 0.321. The molecule has 1 heterocycles. The Balaban J connectivity index is 1.26. The van der Waals surface area contributed by atoms with Crippen LogP contribution < -0.4 is 5.32 Å². The van der Waals surface area contributed by atoms with Crippen LogP contribution in [0.3, 0.4) is 0 Å². The molecule has 1 fully saturated rings. The van der Waals surface area contributed by atoms with Gasteiger partial charge in [-0.2, -0.15) is 0 Å². The third-order valence-corrected chi connectivity index (χ3v) is 7.23. The molecular formula is C28H32N2OS. The number of benzene rings is 3. The van der Waals surface area contributed by atoms with Crippen LogP contribution in [0.1, 0.15) is 35.1 Å². The molecule has 0 aliphatic carbocycles. The molecule has 4 rings (SSSR count). The molecule has 0 spiro atoms. The number of thioether (sulfide) groups is 1. The van der Waals surface area contributed by atoms with Crippen molar-refractivity contribution in [3.8, 4) is 0 Å². The van der Waals surface area contributed by atoms with Crippen molar-refractivity contribution in [3.63, 3.8) is 0 Å². The summed E-state index contributed by atoms with van der Waals surface area (Å²) in [5, 5.41) is 3.19. The van der Waals surface area contributed by atoms with Crippen LogP contribution in [0.2, 0.25) is 0 Å². The number of aryl methyl sites for hydroxylation is 2. The second-order valence-electron chi connectivity index (χ2n) is 8.78. The quantitative estimate of drug-likeness (QED) is 0.425. The topological polar surface area (TPSA) is 32.3 Å². The van der Waals surface area contributed by atoms with E-state index in [1.165, 1.54) is 21.6 Å². The SMILES string of the molecule is Cc1cccc(CN2CCC(C(=O)Nc3ccc(CSc4ccccc4)cc3C)CC2)c1. The first-order valence-corrected chi connectivity index (χ1v) is 12.4. The van der Waals surface area contributed by atoms with Crippen LogP contribution in [0, 0.1) is 19.8 Å². The van der Waals surface area contributed by atoms with Gasteiger partial charge in [-0.15, -0.1) is 11.8 Å². The van der Waals surface area contributed by atoms with Gasteiger partial charge in [-0.25, -0.2) is 0 Å². The van der Waals surface area contributed by atoms with E-state index in [4.69, 9.17) is 0 Å². The highest BCUT2D eigenvalue weighted by molar-refractivity contribution is 7.98. The number of hydrogen-bond acceptors (Lipinski definition) is 3. The summed E-state index contributed by atoms with van der Waals surface area (Å²) in [6.07, 6.45) is 1.84. The number of carbonyl (C=O) groups is 1. The maximum atomic E-state index is 12.9. The monoisotopic (exact) mass is 444 g/mol. The fourth-order valence-electron chi connectivity index (χ4n) is 4.30. The Morgan fingerprint density at radius 3 is 2.44 bits per heavy atom. The van der Waals surface area contributed by atoms with Gasteiger partial charge in [0, 0.05) is 28.8 Å². The van der Waals surface area contributed by atoms with Crippen molar-refractivity contribution in [1.29, 1.82) is 0 Å². The summed E-state index contributed by atoms with van der Waals surface area (Å²) in [7, 11) is 0. The number of likely N-dealkylation sites (tertiary alicyclic amines) is 1. The lowest BCUT2D eigenvalue weighted by atomic mass is 9.95. The molecule has 0 unspecified atom stereocenters. The number of piperidine rings is 1. The molecule has 4 heteroatoms. The zero-order valence-electron chi connectivity index (χ0n) is 19.0. The zero-order chi connectivity index (χ0) is 22.3. The molecule has 1 saturated heterocycles. The van der Waals surface area contributed by atoms with E-state index in [1.54, 1.807) is 0 Å². The Kier molecular flexibility index (Phi) is 7.67. The Hall–Kier alpha value is -2.56. The van der Waals surface area contributed by atoms with E-state index in [1.807, 2.05) is 17.8 Å². The van der Waals surface area contributed by atoms with E-state index in [0.717, 1.165) is 49.5 Å². The third-order valence-electron chi connectivity index (χ3n) is 6.14. The molecule has 1 aliphatic rings. The number of carbonyl (C=O) groups excluding carboxylic acids is 1. The number of rotatable bonds is 7. The molecule has 0 saturated carbocycles. The van der Waals surface area contributed by atoms with Gasteiger partial charge in [-0.05, 0) is 74.7 Å². The summed E-state index contributed by atoms with van der Waals surface area (Å²) in [6, 6.07) is 25.5. The Morgan fingerprint density at radius 2 is 1.72 bits per heavy atom. The van der Waals surface area contributed by atoms with Crippen LogP contribution in [-0.2, 0) is 17.1 Å². The molecule has 32 heavy (non-hydrogen) atoms. The van der Waals surface area contributed by atoms with Gasteiger partial charge in [0.2, 0.25) is 5.91 Å². The highest BCUT2D eigenvalue weighted by atomic mass is 32.2. The van der Waals surface area contributed by atoms with Gasteiger partial charge < -0.3 is 5.32 Å². The molecule has 3 aromatic rings. The second-order valence-corrected chi connectivity index (χ2v) is 9.83. The smallest absolute Gasteiger partial charge is 0.227 e. The summed E-state index contributed by atoms with van der Waals surface area (Å²) in [4.78, 5) is 16.6. The molecule has 0 bridgehead atoms. The van der Waals surface area contributed by atoms with Crippen LogP contribution in [0.4, 0.5) is 5.69 Å². The van der Waals surface area contributed by atoms with Crippen LogP contribution in [0.25, 0.3) is 0 Å². The molecule has 1 aliphatic heterocycles. The Labute approximate surface area is 196 Å². The average Bonchev–Trinajstić information content (AvgIpc) is 2.80. The van der Waals surface area contributed by atoms with Crippen molar-refractivity contribution in [2.45, 2.75) is 43.9 Å². The maximum absolute atomic E-state index is 12.9. The largest absolute Gasteiger partial charge is 0.326 e. The van der Waals surface area contributed by atoms with Crippen LogP contribution in [0.15, 0.2) is 77.7 Å². The van der Waals surface area contributed by atoms with E-state index in [0.29, 0.717) is 0 Å². The first-order chi connectivity index (χ1) is 15.6. The van der Waals surface area contributed by atoms with E-state index in [9.17, 15) is 4.79 Å². The normalized spacial score (nSPS) is 14.9. The molecule has 166 valence electrons. The van der Waals surface area contributed by atoms with E-state index >= 15 is 0 Å². The molecule has 0 aromatic heterocycles. The number of hydrogen-bond donors (Lipinski definition) is 1. The summed E-state index contributed by atoms with van der Waals surface area (Å²) >= 11 is 1.83. The lowest BCUT2D eigenvalue weighted by molar-refractivity contribution is -0.121. The predicted octanol–water partition coefficient (Wildman–Crippen LogP) is 6.45. The summed E-state index contributed by atoms with van der Waals surface area (Å²) in [5.41, 5.74) is 6.00. The van der Waals surface area contributed by atoms with E-state index in [2.05, 4.69) is 90.8 Å². The first-order valence-electron chi connectivity index (χ1n) is 11.4. The summed E-state index contributed by atoms with van der Waals surface area (Å²) in [6.45, 7) is 7.13. The molecule has 3 nitrogen and oxygen atoms in total. The molecular weight excluding hydrogens is 412 g/mol. The lowest BCUT2D eigenvalue weighted by Crippen LogP contribution is -2.37. The van der Waals surface area contributed by atoms with Crippen molar-refractivity contribution in [1.82, 2.24) is 4.90 Å². The van der Waals surface area contributed by atoms with Crippen LogP contribution in [-0.4, -0.2) is 23.9 Å². The van der Waals surface area contributed by atoms with Crippen LogP contribution in [0.5, 0.6) is 0 Å². The van der Waals surface area contributed by atoms with Crippen LogP contribution >= 0.6 is 11.8 Å². The van der Waals surface area contributed by atoms with Crippen molar-refractivity contribution in [3.05, 3.63) is 95.1 Å². The second kappa shape index (κ2) is 10.8. The number of anilines is 1. The Bertz CT molecular complexity index is 1040. The van der Waals surface area contributed by atoms with Gasteiger partial charge in [-0.1, -0.05) is 60.2 Å². The first kappa shape index (κ1) is 22.6. The maximum Gasteiger partial charge on any atom is 0.227 e. The van der Waals surface area contributed by atoms with Gasteiger partial charge in [0.15, 0.2) is 0 Å². The molecule has 0 radical (unpaired) electrons. The molecule has 3 aromatic carbocycles. The van der Waals surface area contributed by atoms with Crippen molar-refractivity contribution >= 4 is 23.4 Å². The van der Waals surface area contributed by atoms with Gasteiger partial charge in [0.25, 0.3) is 0 Å². The van der Waals surface area contributed by atoms with E-state index in [-0.39, 0.29) is 11.8 Å². The van der Waals surface area contributed by atoms with Gasteiger partial charge in [-0.3, -0.25) is 9.69 Å². The average molecular weight is 445 g/mol. The summed E-state index contributed by atoms with van der Waals surface area (Å²) in [5.74, 6) is 1.18. The predicted molar refractivity (Wildman–Crippen MR) is 135 cm³/mol. The Morgan fingerprint density at radius 1 is 0.938 bits per heavy atom. The molecule has 1 N–H and O–H groups in total. The van der Waals surface area contributed by atoms with Crippen molar-refractivity contribution < 1.29 is 4.79 Å². The van der Waals surface area contributed by atoms with Crippen molar-refractivity contribution in [2.24, 2.45) is 5.92 Å². The number of nitrogens with one attached hydrogen (secondary N) is 1. The minimum absolute atomic E-state index is 0.0940. The minimum Gasteiger partial charge on any atom is -0.326 e. The zero-order valence-corrected chi connectivity index (χ0v) is 19.8. The number of nitrogens with zero attached hydrogens (tertiary/aromatic N) is 1. The van der Waals surface area contributed by atoms with Gasteiger partial charge in [0.05, 0.1) is 0 Å². The highest BCUT2D eigenvalue weighted by Crippen LogP contribution is 2.26. The summed E-state index contributed by atoms with van der Waals surface area (Å²) < 4.78 is 0. The third kappa shape index (κ3) is 6.24. The molecule has 1 amide bonds. The number of amides is 1. The minimum atomic E-state index is 0.0940. The van der Waals surface area contributed by atoms with Gasteiger partial charge >= 0.3 is 0 Å². The lowest BCUT2D eigenvalue weighted by Gasteiger charge is -2.31. The van der Waals surface area contributed by atoms with Gasteiger partial charge in [0.1, 0.15) is 0 Å². The standard InChI is InChI=1S/C28H32N2OS/c1-21-7-6-8-23(17-21)19-30-15-13-25(14-16-30)28(31)29-27-12-11-24(18-22(27)2)20-32-26-9-4-3-5-10-26/h3-12,17-18,25H,13-16,19-20H2,1-2H3,(H,29,31). The molecule has 0 atom stereocenters. The van der Waals surface area contributed by atoms with Crippen molar-refractivity contribution in [2.75, 3.05) is 18.4 Å².